The van der Waals surface area contributed by atoms with Gasteiger partial charge in [-0.3, -0.25) is 20.4 Å². The zero-order valence-corrected chi connectivity index (χ0v) is 15.0. The van der Waals surface area contributed by atoms with Crippen molar-refractivity contribution in [2.75, 3.05) is 0 Å². The van der Waals surface area contributed by atoms with Crippen LogP contribution in [-0.4, -0.2) is 21.6 Å². The zero-order valence-electron chi connectivity index (χ0n) is 15.0. The van der Waals surface area contributed by atoms with Crippen LogP contribution in [-0.2, 0) is 4.79 Å². The minimum atomic E-state index is -0.385. The maximum Gasteiger partial charge on any atom is 0.273 e. The molecule has 136 valence electrons. The summed E-state index contributed by atoms with van der Waals surface area (Å²) < 4.78 is 1.68. The fourth-order valence-electron chi connectivity index (χ4n) is 2.92. The fraction of sp³-hybridized carbons (Fsp3) is 0.190. The molecule has 27 heavy (non-hydrogen) atoms. The third kappa shape index (κ3) is 3.60. The van der Waals surface area contributed by atoms with E-state index in [0.717, 1.165) is 29.7 Å². The van der Waals surface area contributed by atoms with Crippen LogP contribution in [0.1, 0.15) is 28.8 Å². The summed E-state index contributed by atoms with van der Waals surface area (Å²) in [6.07, 6.45) is 3.44. The standard InChI is InChI=1S/C21H20N4O2/c1-14-7-5-6-10-17(14)19-18(21(27)23-22-20(26)15-11-12-15)13-25(24-19)16-8-3-2-4-9-16/h2-10,13,15H,11-12H2,1H3,(H,22,26)(H,23,27). The van der Waals surface area contributed by atoms with Crippen molar-refractivity contribution in [3.8, 4) is 16.9 Å². The summed E-state index contributed by atoms with van der Waals surface area (Å²) in [6, 6.07) is 17.4. The summed E-state index contributed by atoms with van der Waals surface area (Å²) in [5, 5.41) is 4.65. The molecule has 2 aromatic carbocycles. The molecule has 2 amide bonds. The maximum atomic E-state index is 12.8. The molecule has 6 nitrogen and oxygen atoms in total. The number of amides is 2. The summed E-state index contributed by atoms with van der Waals surface area (Å²) in [7, 11) is 0. The SMILES string of the molecule is Cc1ccccc1-c1nn(-c2ccccc2)cc1C(=O)NNC(=O)C1CC1. The molecule has 0 spiro atoms. The number of carbonyl (C=O) groups excluding carboxylic acids is 2. The van der Waals surface area contributed by atoms with Crippen molar-refractivity contribution >= 4 is 11.8 Å². The Bertz CT molecular complexity index is 990. The van der Waals surface area contributed by atoms with Crippen molar-refractivity contribution in [2.24, 2.45) is 5.92 Å². The number of hydrogen-bond donors (Lipinski definition) is 2. The minimum absolute atomic E-state index is 0.0215. The van der Waals surface area contributed by atoms with Crippen LogP contribution in [0, 0.1) is 12.8 Å². The van der Waals surface area contributed by atoms with Crippen LogP contribution in [0.3, 0.4) is 0 Å². The third-order valence-electron chi connectivity index (χ3n) is 4.63. The summed E-state index contributed by atoms with van der Waals surface area (Å²) in [6.45, 7) is 1.98. The topological polar surface area (TPSA) is 76.0 Å². The molecule has 0 unspecified atom stereocenters. The molecular weight excluding hydrogens is 340 g/mol. The van der Waals surface area contributed by atoms with Gasteiger partial charge in [-0.15, -0.1) is 0 Å². The monoisotopic (exact) mass is 360 g/mol. The van der Waals surface area contributed by atoms with E-state index in [4.69, 9.17) is 0 Å². The van der Waals surface area contributed by atoms with Gasteiger partial charge in [-0.25, -0.2) is 4.68 Å². The molecule has 1 aromatic heterocycles. The van der Waals surface area contributed by atoms with E-state index in [1.54, 1.807) is 10.9 Å². The lowest BCUT2D eigenvalue weighted by Crippen LogP contribution is -2.42. The fourth-order valence-corrected chi connectivity index (χ4v) is 2.92. The Morgan fingerprint density at radius 1 is 1.00 bits per heavy atom. The Hall–Kier alpha value is -3.41. The quantitative estimate of drug-likeness (QED) is 0.702. The van der Waals surface area contributed by atoms with E-state index >= 15 is 0 Å². The molecule has 1 heterocycles. The molecule has 0 saturated heterocycles. The van der Waals surface area contributed by atoms with Crippen molar-refractivity contribution in [1.82, 2.24) is 20.6 Å². The molecule has 4 rings (SSSR count). The lowest BCUT2D eigenvalue weighted by Gasteiger charge is -2.08. The molecule has 6 heteroatoms. The van der Waals surface area contributed by atoms with E-state index in [1.165, 1.54) is 0 Å². The summed E-state index contributed by atoms with van der Waals surface area (Å²) >= 11 is 0. The number of carbonyl (C=O) groups is 2. The van der Waals surface area contributed by atoms with Crippen molar-refractivity contribution in [3.05, 3.63) is 71.9 Å². The molecule has 2 N–H and O–H groups in total. The Labute approximate surface area is 157 Å². The molecule has 0 bridgehead atoms. The van der Waals surface area contributed by atoms with Gasteiger partial charge in [0.05, 0.1) is 11.3 Å². The first-order valence-corrected chi connectivity index (χ1v) is 8.95. The second kappa shape index (κ2) is 7.07. The van der Waals surface area contributed by atoms with Crippen molar-refractivity contribution in [1.29, 1.82) is 0 Å². The number of aromatic nitrogens is 2. The average molecular weight is 360 g/mol. The molecule has 0 atom stereocenters. The highest BCUT2D eigenvalue weighted by Crippen LogP contribution is 2.29. The number of rotatable bonds is 4. The molecule has 0 aliphatic heterocycles. The maximum absolute atomic E-state index is 12.8. The van der Waals surface area contributed by atoms with Gasteiger partial charge >= 0.3 is 0 Å². The third-order valence-corrected chi connectivity index (χ3v) is 4.63. The Kier molecular flexibility index (Phi) is 4.46. The Morgan fingerprint density at radius 2 is 1.70 bits per heavy atom. The molecule has 1 aliphatic carbocycles. The van der Waals surface area contributed by atoms with Crippen molar-refractivity contribution in [2.45, 2.75) is 19.8 Å². The van der Waals surface area contributed by atoms with E-state index < -0.39 is 0 Å². The number of hydrazine groups is 1. The van der Waals surface area contributed by atoms with E-state index in [0.29, 0.717) is 11.3 Å². The highest BCUT2D eigenvalue weighted by Gasteiger charge is 2.30. The van der Waals surface area contributed by atoms with Crippen LogP contribution in [0.4, 0.5) is 0 Å². The van der Waals surface area contributed by atoms with Gasteiger partial charge in [0.25, 0.3) is 5.91 Å². The first-order chi connectivity index (χ1) is 13.1. The summed E-state index contributed by atoms with van der Waals surface area (Å²) in [5.74, 6) is -0.506. The predicted octanol–water partition coefficient (Wildman–Crippen LogP) is 3.02. The van der Waals surface area contributed by atoms with Gasteiger partial charge in [0.1, 0.15) is 5.69 Å². The van der Waals surface area contributed by atoms with Gasteiger partial charge in [-0.05, 0) is 37.5 Å². The van der Waals surface area contributed by atoms with Crippen LogP contribution in [0.2, 0.25) is 0 Å². The molecule has 0 radical (unpaired) electrons. The number of aryl methyl sites for hydroxylation is 1. The van der Waals surface area contributed by atoms with Gasteiger partial charge in [-0.2, -0.15) is 5.10 Å². The molecular formula is C21H20N4O2. The lowest BCUT2D eigenvalue weighted by molar-refractivity contribution is -0.123. The second-order valence-corrected chi connectivity index (χ2v) is 6.70. The number of hydrogen-bond acceptors (Lipinski definition) is 3. The van der Waals surface area contributed by atoms with E-state index in [9.17, 15) is 9.59 Å². The lowest BCUT2D eigenvalue weighted by atomic mass is 10.0. The number of benzene rings is 2. The highest BCUT2D eigenvalue weighted by atomic mass is 16.2. The number of para-hydroxylation sites is 1. The first-order valence-electron chi connectivity index (χ1n) is 8.95. The van der Waals surface area contributed by atoms with Crippen LogP contribution < -0.4 is 10.9 Å². The van der Waals surface area contributed by atoms with Gasteiger partial charge < -0.3 is 0 Å². The van der Waals surface area contributed by atoms with Crippen molar-refractivity contribution < 1.29 is 9.59 Å². The molecule has 1 aliphatic rings. The highest BCUT2D eigenvalue weighted by molar-refractivity contribution is 6.01. The first kappa shape index (κ1) is 17.0. The molecule has 3 aromatic rings. The summed E-state index contributed by atoms with van der Waals surface area (Å²) in [4.78, 5) is 24.6. The largest absolute Gasteiger partial charge is 0.273 e. The van der Waals surface area contributed by atoms with Gasteiger partial charge in [0.2, 0.25) is 5.91 Å². The van der Waals surface area contributed by atoms with Crippen LogP contribution in [0.15, 0.2) is 60.8 Å². The summed E-state index contributed by atoms with van der Waals surface area (Å²) in [5.41, 5.74) is 8.77. The van der Waals surface area contributed by atoms with Crippen LogP contribution in [0.5, 0.6) is 0 Å². The Morgan fingerprint density at radius 3 is 2.41 bits per heavy atom. The number of nitrogens with zero attached hydrogens (tertiary/aromatic N) is 2. The van der Waals surface area contributed by atoms with Crippen LogP contribution >= 0.6 is 0 Å². The minimum Gasteiger partial charge on any atom is -0.273 e. The van der Waals surface area contributed by atoms with Gasteiger partial charge in [0, 0.05) is 17.7 Å². The number of nitrogens with one attached hydrogen (secondary N) is 2. The predicted molar refractivity (Wildman–Crippen MR) is 102 cm³/mol. The normalized spacial score (nSPS) is 13.2. The van der Waals surface area contributed by atoms with Gasteiger partial charge in [0.15, 0.2) is 0 Å². The zero-order chi connectivity index (χ0) is 18.8. The van der Waals surface area contributed by atoms with Gasteiger partial charge in [-0.1, -0.05) is 42.5 Å². The van der Waals surface area contributed by atoms with Crippen LogP contribution in [0.25, 0.3) is 16.9 Å². The van der Waals surface area contributed by atoms with E-state index in [2.05, 4.69) is 16.0 Å². The average Bonchev–Trinajstić information content (AvgIpc) is 3.46. The van der Waals surface area contributed by atoms with E-state index in [1.807, 2.05) is 61.5 Å². The smallest absolute Gasteiger partial charge is 0.273 e. The van der Waals surface area contributed by atoms with E-state index in [-0.39, 0.29) is 17.7 Å². The van der Waals surface area contributed by atoms with Crippen molar-refractivity contribution in [3.63, 3.8) is 0 Å². The molecule has 1 saturated carbocycles. The Balaban J connectivity index is 1.69. The molecule has 1 fully saturated rings. The second-order valence-electron chi connectivity index (χ2n) is 6.70.